The van der Waals surface area contributed by atoms with Crippen molar-refractivity contribution in [3.05, 3.63) is 412 Å². The molecule has 2 aliphatic rings. The van der Waals surface area contributed by atoms with Crippen LogP contribution in [0, 0.1) is 49.4 Å². The quantitative estimate of drug-likeness (QED) is 0.0495. The zero-order valence-corrected chi connectivity index (χ0v) is 73.5. The molecular formula is C96H76Au4P4Si2+4. The Morgan fingerprint density at radius 3 is 0.575 bits per heavy atom. The maximum atomic E-state index is 7.29. The van der Waals surface area contributed by atoms with Gasteiger partial charge in [0.05, 0.1) is 0 Å². The zero-order chi connectivity index (χ0) is 70.4. The second kappa shape index (κ2) is 39.0. The van der Waals surface area contributed by atoms with Crippen LogP contribution in [0.25, 0.3) is 22.3 Å². The van der Waals surface area contributed by atoms with Gasteiger partial charge in [0.15, 0.2) is 0 Å². The molecule has 0 radical (unpaired) electrons. The molecule has 10 heteroatoms. The average molecular weight is 2200 g/mol. The zero-order valence-electron chi connectivity index (χ0n) is 58.8. The van der Waals surface area contributed by atoms with Crippen LogP contribution in [0.3, 0.4) is 0 Å². The predicted molar refractivity (Wildman–Crippen MR) is 455 cm³/mol. The maximum Gasteiger partial charge on any atom is 1.00 e. The number of benzene rings is 14. The van der Waals surface area contributed by atoms with E-state index in [9.17, 15) is 0 Å². The average Bonchev–Trinajstić information content (AvgIpc) is 1.58. The summed E-state index contributed by atoms with van der Waals surface area (Å²) in [5.41, 5.74) is 8.29. The van der Waals surface area contributed by atoms with Crippen LogP contribution in [0.4, 0.5) is 0 Å². The van der Waals surface area contributed by atoms with E-state index in [0.717, 1.165) is 22.3 Å². The van der Waals surface area contributed by atoms with E-state index in [4.69, 9.17) is 25.7 Å². The third-order valence-electron chi connectivity index (χ3n) is 19.4. The SMILES string of the molecule is [Au+].[Au+].[Au+].[Au+].[C-]#Cc1ccc2c(c1)-c1ccc(C#[C-])cc1[Si]2(C)C.[C-]#Cc1ccc2c(c1)-c1ccc(C#[C-])cc1[Si]2(C)C.c1ccc([PH+](c2ccccc2)c2ccccc2[PH+](c2ccccc2)c2ccccc2)cc1.c1ccc([PH+](c2ccccc2)c2ccccc2[PH+](c2ccccc2)c2ccccc2)cc1. The molecule has 0 saturated heterocycles. The minimum Gasteiger partial charge on any atom is -0.366 e. The molecule has 0 atom stereocenters. The van der Waals surface area contributed by atoms with Crippen molar-refractivity contribution in [1.29, 1.82) is 0 Å². The van der Waals surface area contributed by atoms with Crippen molar-refractivity contribution in [2.24, 2.45) is 0 Å². The molecule has 14 aromatic rings. The molecule has 0 spiro atoms. The fourth-order valence-corrected chi connectivity index (χ4v) is 32.6. The maximum absolute atomic E-state index is 7.29. The fourth-order valence-electron chi connectivity index (χ4n) is 14.4. The monoisotopic (exact) mass is 2200 g/mol. The molecule has 0 bridgehead atoms. The minimum absolute atomic E-state index is 0. The minimum atomic E-state index is -1.68. The summed E-state index contributed by atoms with van der Waals surface area (Å²) in [5, 5.41) is 23.0. The Hall–Kier alpha value is -7.57. The molecular weight excluding hydrogens is 2120 g/mol. The number of hydrogen-bond acceptors (Lipinski definition) is 0. The largest absolute Gasteiger partial charge is 1.00 e. The predicted octanol–water partition coefficient (Wildman–Crippen LogP) is 14.1. The molecule has 14 aromatic carbocycles. The Bertz CT molecular complexity index is 4710. The molecule has 2 aliphatic heterocycles. The van der Waals surface area contributed by atoms with Gasteiger partial charge in [0, 0.05) is 0 Å². The smallest absolute Gasteiger partial charge is 0.366 e. The van der Waals surface area contributed by atoms with Crippen LogP contribution in [0.2, 0.25) is 26.2 Å². The summed E-state index contributed by atoms with van der Waals surface area (Å²) in [6.07, 6.45) is 29.1. The number of hydrogen-bond donors (Lipinski definition) is 0. The van der Waals surface area contributed by atoms with Crippen LogP contribution < -0.4 is 84.4 Å². The number of fused-ring (bicyclic) bond motifs is 6. The van der Waals surface area contributed by atoms with Gasteiger partial charge in [-0.1, -0.05) is 231 Å². The van der Waals surface area contributed by atoms with Crippen LogP contribution in [-0.2, 0) is 89.5 Å². The first kappa shape index (κ1) is 82.5. The topological polar surface area (TPSA) is 0 Å². The van der Waals surface area contributed by atoms with Gasteiger partial charge < -0.3 is 25.7 Å². The van der Waals surface area contributed by atoms with Gasteiger partial charge in [-0.15, -0.1) is 70.8 Å². The van der Waals surface area contributed by atoms with E-state index in [0.29, 0.717) is 0 Å². The third-order valence-corrected chi connectivity index (χ3v) is 38.1. The molecule has 2 heterocycles. The van der Waals surface area contributed by atoms with Crippen LogP contribution in [0.5, 0.6) is 0 Å². The van der Waals surface area contributed by atoms with E-state index in [1.54, 1.807) is 0 Å². The van der Waals surface area contributed by atoms with Crippen molar-refractivity contribution in [2.45, 2.75) is 26.2 Å². The molecule has 0 N–H and O–H groups in total. The Morgan fingerprint density at radius 1 is 0.198 bits per heavy atom. The van der Waals surface area contributed by atoms with Crippen molar-refractivity contribution < 1.29 is 89.5 Å². The first-order valence-corrected chi connectivity index (χ1v) is 46.4. The van der Waals surface area contributed by atoms with Gasteiger partial charge >= 0.3 is 89.5 Å². The molecule has 0 aromatic heterocycles. The van der Waals surface area contributed by atoms with E-state index in [2.05, 4.69) is 390 Å². The summed E-state index contributed by atoms with van der Waals surface area (Å²) in [6, 6.07) is 131. The molecule has 0 aliphatic carbocycles. The van der Waals surface area contributed by atoms with Crippen LogP contribution in [0.1, 0.15) is 22.3 Å². The van der Waals surface area contributed by atoms with Crippen LogP contribution in [0.15, 0.2) is 364 Å². The summed E-state index contributed by atoms with van der Waals surface area (Å²) in [5.74, 6) is 9.87. The Kier molecular flexibility index (Phi) is 30.3. The molecule has 0 fully saturated rings. The van der Waals surface area contributed by atoms with E-state index in [-0.39, 0.29) is 89.5 Å². The third kappa shape index (κ3) is 18.4. The van der Waals surface area contributed by atoms with E-state index in [1.165, 1.54) is 107 Å². The van der Waals surface area contributed by atoms with Gasteiger partial charge in [0.25, 0.3) is 0 Å². The first-order valence-electron chi connectivity index (χ1n) is 34.4. The van der Waals surface area contributed by atoms with E-state index >= 15 is 0 Å². The van der Waals surface area contributed by atoms with Gasteiger partial charge in [-0.2, -0.15) is 0 Å². The van der Waals surface area contributed by atoms with Crippen molar-refractivity contribution in [2.75, 3.05) is 0 Å². The molecule has 106 heavy (non-hydrogen) atoms. The second-order valence-electron chi connectivity index (χ2n) is 26.3. The molecule has 0 nitrogen and oxygen atoms in total. The van der Waals surface area contributed by atoms with Crippen molar-refractivity contribution >= 4 is 132 Å². The Morgan fingerprint density at radius 2 is 0.377 bits per heavy atom. The standard InChI is InChI=1S/2C30H24P2.2C18H12Si.4Au/c2*1-5-15-25(16-6-1)31(26-17-7-2-8-18-26)29-23-13-14-24-30(29)32(27-19-9-3-10-20-27)28-21-11-4-12-22-28;2*1-5-13-8-10-17-16(11-13)15-9-7-14(6-2)12-18(15)19(17,3)4;;;;/h2*1-24H;2*7-12H,3-4H3;;;;/q;;2*-2;4*+1/p+4. The normalized spacial score (nSPS) is 11.7. The fraction of sp³-hybridized carbons (Fsp3) is 0.0417. The summed E-state index contributed by atoms with van der Waals surface area (Å²) in [7, 11) is -7.91. The van der Waals surface area contributed by atoms with Crippen molar-refractivity contribution in [3.63, 3.8) is 0 Å². The molecule has 0 unspecified atom stereocenters. The van der Waals surface area contributed by atoms with Crippen molar-refractivity contribution in [3.8, 4) is 45.9 Å². The van der Waals surface area contributed by atoms with Gasteiger partial charge in [0.2, 0.25) is 0 Å². The van der Waals surface area contributed by atoms with Gasteiger partial charge in [-0.25, -0.2) is 0 Å². The summed E-state index contributed by atoms with van der Waals surface area (Å²) in [4.78, 5) is 0. The van der Waals surface area contributed by atoms with Gasteiger partial charge in [-0.3, -0.25) is 23.7 Å². The molecule has 0 saturated carbocycles. The Balaban J connectivity index is 0.000000166. The van der Waals surface area contributed by atoms with Gasteiger partial charge in [0.1, 0.15) is 111 Å². The molecule has 16 rings (SSSR count). The van der Waals surface area contributed by atoms with Gasteiger partial charge in [-0.05, 0) is 154 Å². The molecule has 528 valence electrons. The summed E-state index contributed by atoms with van der Waals surface area (Å²) >= 11 is 0. The van der Waals surface area contributed by atoms with E-state index < -0.39 is 47.8 Å². The Labute approximate surface area is 698 Å². The second-order valence-corrected chi connectivity index (χ2v) is 44.7. The molecule has 0 amide bonds. The summed E-state index contributed by atoms with van der Waals surface area (Å²) < 4.78 is 0. The first-order chi connectivity index (χ1) is 50.0. The van der Waals surface area contributed by atoms with Crippen LogP contribution >= 0.6 is 31.7 Å². The number of rotatable bonds is 12. The van der Waals surface area contributed by atoms with E-state index in [1.807, 2.05) is 24.3 Å². The van der Waals surface area contributed by atoms with Crippen LogP contribution in [-0.4, -0.2) is 16.1 Å². The van der Waals surface area contributed by atoms with Crippen molar-refractivity contribution in [1.82, 2.24) is 0 Å². The summed E-state index contributed by atoms with van der Waals surface area (Å²) in [6.45, 7) is 9.33.